The molecule has 2 atom stereocenters. The highest BCUT2D eigenvalue weighted by molar-refractivity contribution is 5.93. The third-order valence-corrected chi connectivity index (χ3v) is 3.24. The summed E-state index contributed by atoms with van der Waals surface area (Å²) in [6, 6.07) is 0. The zero-order valence-electron chi connectivity index (χ0n) is 8.96. The van der Waals surface area contributed by atoms with Crippen molar-refractivity contribution in [3.63, 3.8) is 0 Å². The molecule has 0 radical (unpaired) electrons. The summed E-state index contributed by atoms with van der Waals surface area (Å²) < 4.78 is 5.37. The number of piperidine rings is 1. The molecule has 5 nitrogen and oxygen atoms in total. The van der Waals surface area contributed by atoms with E-state index in [1.165, 1.54) is 0 Å². The van der Waals surface area contributed by atoms with E-state index in [0.29, 0.717) is 24.9 Å². The first-order chi connectivity index (χ1) is 7.66. The Morgan fingerprint density at radius 3 is 2.75 bits per heavy atom. The molecule has 16 heavy (non-hydrogen) atoms. The third kappa shape index (κ3) is 2.41. The van der Waals surface area contributed by atoms with Crippen molar-refractivity contribution in [1.82, 2.24) is 4.90 Å². The molecule has 0 spiro atoms. The fourth-order valence-corrected chi connectivity index (χ4v) is 2.31. The lowest BCUT2D eigenvalue weighted by Gasteiger charge is -2.33. The molecule has 0 aromatic rings. The van der Waals surface area contributed by atoms with E-state index in [2.05, 4.69) is 0 Å². The van der Waals surface area contributed by atoms with Crippen molar-refractivity contribution in [1.29, 1.82) is 0 Å². The molecule has 88 valence electrons. The fourth-order valence-electron chi connectivity index (χ4n) is 2.31. The number of hydrogen-bond donors (Lipinski definition) is 1. The Morgan fingerprint density at radius 1 is 1.25 bits per heavy atom. The predicted molar refractivity (Wildman–Crippen MR) is 55.8 cm³/mol. The van der Waals surface area contributed by atoms with Gasteiger partial charge in [0, 0.05) is 37.8 Å². The van der Waals surface area contributed by atoms with E-state index in [9.17, 15) is 9.59 Å². The second-order valence-corrected chi connectivity index (χ2v) is 4.30. The van der Waals surface area contributed by atoms with Gasteiger partial charge in [0.2, 0.25) is 5.91 Å². The molecule has 1 amide bonds. The van der Waals surface area contributed by atoms with Crippen LogP contribution < -0.4 is 0 Å². The van der Waals surface area contributed by atoms with Crippen LogP contribution in [-0.4, -0.2) is 48.2 Å². The molecule has 0 aliphatic carbocycles. The van der Waals surface area contributed by atoms with Gasteiger partial charge in [-0.25, -0.2) is 4.79 Å². The molecule has 2 aliphatic rings. The first kappa shape index (κ1) is 11.1. The Morgan fingerprint density at radius 2 is 2.00 bits per heavy atom. The fraction of sp³-hybridized carbons (Fsp3) is 0.636. The SMILES string of the molecule is O=C(O)/C=C/C(=O)N1CC[C@H]2COC[C@H]2C1. The summed E-state index contributed by atoms with van der Waals surface area (Å²) in [5.74, 6) is -0.302. The molecule has 0 bridgehead atoms. The second-order valence-electron chi connectivity index (χ2n) is 4.30. The number of carboxylic acid groups (broad SMARTS) is 1. The number of likely N-dealkylation sites (tertiary alicyclic amines) is 1. The standard InChI is InChI=1S/C11H15NO4/c13-10(1-2-11(14)15)12-4-3-8-6-16-7-9(8)5-12/h1-2,8-9H,3-7H2,(H,14,15)/b2-1+/t8-,9+/m0/s1. The minimum atomic E-state index is -1.09. The van der Waals surface area contributed by atoms with E-state index in [-0.39, 0.29) is 5.91 Å². The lowest BCUT2D eigenvalue weighted by molar-refractivity contribution is -0.132. The third-order valence-electron chi connectivity index (χ3n) is 3.24. The van der Waals surface area contributed by atoms with Crippen LogP contribution in [0.2, 0.25) is 0 Å². The minimum Gasteiger partial charge on any atom is -0.478 e. The molecule has 0 unspecified atom stereocenters. The number of rotatable bonds is 2. The summed E-state index contributed by atoms with van der Waals surface area (Å²) in [6.45, 7) is 2.91. The normalized spacial score (nSPS) is 29.4. The van der Waals surface area contributed by atoms with E-state index in [1.54, 1.807) is 4.90 Å². The van der Waals surface area contributed by atoms with Crippen molar-refractivity contribution in [3.8, 4) is 0 Å². The van der Waals surface area contributed by atoms with Gasteiger partial charge in [-0.2, -0.15) is 0 Å². The maximum Gasteiger partial charge on any atom is 0.328 e. The van der Waals surface area contributed by atoms with Crippen LogP contribution in [0.15, 0.2) is 12.2 Å². The van der Waals surface area contributed by atoms with Crippen molar-refractivity contribution in [2.45, 2.75) is 6.42 Å². The van der Waals surface area contributed by atoms with Gasteiger partial charge in [0.1, 0.15) is 0 Å². The average molecular weight is 225 g/mol. The van der Waals surface area contributed by atoms with Crippen LogP contribution in [-0.2, 0) is 14.3 Å². The number of carboxylic acids is 1. The van der Waals surface area contributed by atoms with Gasteiger partial charge in [-0.1, -0.05) is 0 Å². The topological polar surface area (TPSA) is 66.8 Å². The van der Waals surface area contributed by atoms with E-state index < -0.39 is 5.97 Å². The van der Waals surface area contributed by atoms with Gasteiger partial charge in [0.05, 0.1) is 6.61 Å². The molecule has 0 aromatic heterocycles. The van der Waals surface area contributed by atoms with E-state index >= 15 is 0 Å². The zero-order valence-corrected chi connectivity index (χ0v) is 8.96. The monoisotopic (exact) mass is 225 g/mol. The molecule has 2 heterocycles. The highest BCUT2D eigenvalue weighted by Crippen LogP contribution is 2.29. The van der Waals surface area contributed by atoms with Crippen LogP contribution in [0, 0.1) is 11.8 Å². The smallest absolute Gasteiger partial charge is 0.328 e. The number of fused-ring (bicyclic) bond motifs is 1. The summed E-state index contributed by atoms with van der Waals surface area (Å²) in [5, 5.41) is 8.43. The van der Waals surface area contributed by atoms with Gasteiger partial charge in [-0.15, -0.1) is 0 Å². The Hall–Kier alpha value is -1.36. The molecule has 2 saturated heterocycles. The summed E-state index contributed by atoms with van der Waals surface area (Å²) >= 11 is 0. The van der Waals surface area contributed by atoms with E-state index in [4.69, 9.17) is 9.84 Å². The highest BCUT2D eigenvalue weighted by atomic mass is 16.5. The number of ether oxygens (including phenoxy) is 1. The Labute approximate surface area is 93.7 Å². The van der Waals surface area contributed by atoms with Gasteiger partial charge in [0.25, 0.3) is 0 Å². The quantitative estimate of drug-likeness (QED) is 0.678. The van der Waals surface area contributed by atoms with Crippen LogP contribution >= 0.6 is 0 Å². The van der Waals surface area contributed by atoms with Crippen molar-refractivity contribution in [2.75, 3.05) is 26.3 Å². The largest absolute Gasteiger partial charge is 0.478 e. The maximum absolute atomic E-state index is 11.6. The maximum atomic E-state index is 11.6. The molecule has 0 aromatic carbocycles. The first-order valence-electron chi connectivity index (χ1n) is 5.44. The van der Waals surface area contributed by atoms with Crippen molar-refractivity contribution >= 4 is 11.9 Å². The van der Waals surface area contributed by atoms with Crippen LogP contribution in [0.4, 0.5) is 0 Å². The molecule has 1 N–H and O–H groups in total. The summed E-state index contributed by atoms with van der Waals surface area (Å²) in [5.41, 5.74) is 0. The molecule has 2 aliphatic heterocycles. The van der Waals surface area contributed by atoms with Crippen molar-refractivity contribution in [3.05, 3.63) is 12.2 Å². The van der Waals surface area contributed by atoms with Gasteiger partial charge < -0.3 is 14.7 Å². The molecule has 5 heteroatoms. The van der Waals surface area contributed by atoms with Gasteiger partial charge in [0.15, 0.2) is 0 Å². The molecular weight excluding hydrogens is 210 g/mol. The lowest BCUT2D eigenvalue weighted by atomic mass is 9.89. The van der Waals surface area contributed by atoms with Crippen LogP contribution in [0.25, 0.3) is 0 Å². The molecule has 0 saturated carbocycles. The molecule has 2 rings (SSSR count). The van der Waals surface area contributed by atoms with Gasteiger partial charge >= 0.3 is 5.97 Å². The second kappa shape index (κ2) is 4.65. The lowest BCUT2D eigenvalue weighted by Crippen LogP contribution is -2.42. The Kier molecular flexibility index (Phi) is 3.24. The summed E-state index contributed by atoms with van der Waals surface area (Å²) in [6.07, 6.45) is 2.97. The number of nitrogens with zero attached hydrogens (tertiary/aromatic N) is 1. The summed E-state index contributed by atoms with van der Waals surface area (Å²) in [4.78, 5) is 23.6. The highest BCUT2D eigenvalue weighted by Gasteiger charge is 2.34. The van der Waals surface area contributed by atoms with Crippen LogP contribution in [0.3, 0.4) is 0 Å². The molecule has 2 fully saturated rings. The Bertz CT molecular complexity index is 326. The Balaban J connectivity index is 1.91. The van der Waals surface area contributed by atoms with Crippen molar-refractivity contribution < 1.29 is 19.4 Å². The minimum absolute atomic E-state index is 0.215. The summed E-state index contributed by atoms with van der Waals surface area (Å²) in [7, 11) is 0. The number of aliphatic carboxylic acids is 1. The number of hydrogen-bond acceptors (Lipinski definition) is 3. The number of amides is 1. The number of carbonyl (C=O) groups is 2. The zero-order chi connectivity index (χ0) is 11.5. The van der Waals surface area contributed by atoms with E-state index in [0.717, 1.165) is 31.8 Å². The van der Waals surface area contributed by atoms with Gasteiger partial charge in [-0.3, -0.25) is 4.79 Å². The van der Waals surface area contributed by atoms with E-state index in [1.807, 2.05) is 0 Å². The van der Waals surface area contributed by atoms with Crippen LogP contribution in [0.5, 0.6) is 0 Å². The predicted octanol–water partition coefficient (Wildman–Crippen LogP) is 0.122. The van der Waals surface area contributed by atoms with Gasteiger partial charge in [-0.05, 0) is 12.3 Å². The van der Waals surface area contributed by atoms with Crippen molar-refractivity contribution in [2.24, 2.45) is 11.8 Å². The first-order valence-corrected chi connectivity index (χ1v) is 5.44. The van der Waals surface area contributed by atoms with Crippen LogP contribution in [0.1, 0.15) is 6.42 Å². The molecular formula is C11H15NO4. The average Bonchev–Trinajstić information content (AvgIpc) is 2.72. The number of carbonyl (C=O) groups excluding carboxylic acids is 1.